The van der Waals surface area contributed by atoms with E-state index in [1.165, 1.54) is 38.0 Å². The number of fused-ring (bicyclic) bond motifs is 1. The lowest BCUT2D eigenvalue weighted by Gasteiger charge is -2.09. The number of carbonyl (C=O) groups is 1. The van der Waals surface area contributed by atoms with Crippen LogP contribution >= 0.6 is 34.3 Å². The molecular weight excluding hydrogens is 448 g/mol. The number of sulfonamides is 1. The van der Waals surface area contributed by atoms with Gasteiger partial charge in [0.05, 0.1) is 35.9 Å². The Morgan fingerprint density at radius 1 is 1.14 bits per heavy atom. The lowest BCUT2D eigenvalue weighted by Crippen LogP contribution is -2.22. The minimum atomic E-state index is -4.00. The zero-order chi connectivity index (χ0) is 20.5. The monoisotopic (exact) mass is 462 g/mol. The minimum absolute atomic E-state index is 0.00901. The van der Waals surface area contributed by atoms with Crippen LogP contribution in [0.15, 0.2) is 32.9 Å². The van der Waals surface area contributed by atoms with Crippen LogP contribution in [0.5, 0.6) is 11.5 Å². The van der Waals surface area contributed by atoms with Crippen molar-refractivity contribution in [1.82, 2.24) is 4.57 Å². The molecule has 12 heteroatoms. The molecular formula is C16H15ClN2O6S3. The number of hydrogen-bond donors (Lipinski definition) is 0. The molecule has 8 nitrogen and oxygen atoms in total. The summed E-state index contributed by atoms with van der Waals surface area (Å²) in [5, 5.41) is 0. The maximum absolute atomic E-state index is 12.7. The van der Waals surface area contributed by atoms with E-state index in [1.54, 1.807) is 12.1 Å². The Bertz CT molecular complexity index is 1210. The van der Waals surface area contributed by atoms with Crippen LogP contribution in [0.1, 0.15) is 0 Å². The number of esters is 1. The first-order valence-corrected chi connectivity index (χ1v) is 11.1. The van der Waals surface area contributed by atoms with Crippen molar-refractivity contribution in [3.8, 4) is 11.5 Å². The second-order valence-corrected chi connectivity index (χ2v) is 9.90. The van der Waals surface area contributed by atoms with Crippen molar-refractivity contribution in [2.45, 2.75) is 10.8 Å². The normalized spacial score (nSPS) is 12.4. The van der Waals surface area contributed by atoms with Crippen LogP contribution in [-0.4, -0.2) is 40.3 Å². The number of methoxy groups -OCH3 is 3. The average molecular weight is 463 g/mol. The number of ether oxygens (including phenoxy) is 3. The molecule has 0 spiro atoms. The highest BCUT2D eigenvalue weighted by atomic mass is 35.5. The molecule has 1 aromatic carbocycles. The van der Waals surface area contributed by atoms with E-state index in [4.69, 9.17) is 25.8 Å². The van der Waals surface area contributed by atoms with Gasteiger partial charge in [0.15, 0.2) is 11.5 Å². The SMILES string of the molecule is COC(=O)Cn1c(=NS(=O)(=O)c2ccc(Cl)s2)sc2cc(OC)c(OC)cc21. The van der Waals surface area contributed by atoms with Gasteiger partial charge in [-0.1, -0.05) is 22.9 Å². The maximum Gasteiger partial charge on any atom is 0.325 e. The molecule has 3 aromatic rings. The first-order valence-electron chi connectivity index (χ1n) is 7.67. The molecule has 0 aliphatic carbocycles. The van der Waals surface area contributed by atoms with Gasteiger partial charge in [0.1, 0.15) is 10.8 Å². The van der Waals surface area contributed by atoms with Gasteiger partial charge < -0.3 is 18.8 Å². The fraction of sp³-hybridized carbons (Fsp3) is 0.250. The number of halogens is 1. The molecule has 0 N–H and O–H groups in total. The van der Waals surface area contributed by atoms with E-state index in [9.17, 15) is 13.2 Å². The summed E-state index contributed by atoms with van der Waals surface area (Å²) in [4.78, 5) is 12.0. The van der Waals surface area contributed by atoms with Gasteiger partial charge in [-0.15, -0.1) is 15.7 Å². The van der Waals surface area contributed by atoms with E-state index in [0.717, 1.165) is 22.7 Å². The summed E-state index contributed by atoms with van der Waals surface area (Å²) in [5.41, 5.74) is 0.561. The number of rotatable bonds is 6. The van der Waals surface area contributed by atoms with Crippen LogP contribution in [0.3, 0.4) is 0 Å². The van der Waals surface area contributed by atoms with Crippen molar-refractivity contribution in [3.05, 3.63) is 33.4 Å². The van der Waals surface area contributed by atoms with Crippen molar-refractivity contribution < 1.29 is 27.4 Å². The van der Waals surface area contributed by atoms with Crippen LogP contribution in [0.25, 0.3) is 10.2 Å². The molecule has 0 amide bonds. The molecule has 3 rings (SSSR count). The Morgan fingerprint density at radius 3 is 2.39 bits per heavy atom. The molecule has 0 unspecified atom stereocenters. The standard InChI is InChI=1S/C16H15ClN2O6S3/c1-23-10-6-9-12(7-11(10)24-2)26-16(19(9)8-14(20)25-3)18-28(21,22)15-5-4-13(17)27-15/h4-7H,8H2,1-3H3. The highest BCUT2D eigenvalue weighted by molar-refractivity contribution is 7.92. The third kappa shape index (κ3) is 4.02. The molecule has 0 fully saturated rings. The summed E-state index contributed by atoms with van der Waals surface area (Å²) in [6, 6.07) is 6.22. The Hall–Kier alpha value is -2.08. The van der Waals surface area contributed by atoms with Crippen LogP contribution in [0.4, 0.5) is 0 Å². The maximum atomic E-state index is 12.7. The number of thiophene rings is 1. The van der Waals surface area contributed by atoms with Gasteiger partial charge in [-0.2, -0.15) is 8.42 Å². The number of carbonyl (C=O) groups excluding carboxylic acids is 1. The summed E-state index contributed by atoms with van der Waals surface area (Å²) in [7, 11) is 0.229. The van der Waals surface area contributed by atoms with Gasteiger partial charge in [-0.25, -0.2) is 0 Å². The molecule has 28 heavy (non-hydrogen) atoms. The van der Waals surface area contributed by atoms with E-state index in [-0.39, 0.29) is 15.6 Å². The van der Waals surface area contributed by atoms with E-state index >= 15 is 0 Å². The number of benzene rings is 1. The van der Waals surface area contributed by atoms with Gasteiger partial charge in [0.2, 0.25) is 4.80 Å². The first-order chi connectivity index (χ1) is 13.3. The fourth-order valence-electron chi connectivity index (χ4n) is 2.40. The summed E-state index contributed by atoms with van der Waals surface area (Å²) in [6.07, 6.45) is 0. The Morgan fingerprint density at radius 2 is 1.82 bits per heavy atom. The molecule has 0 radical (unpaired) electrons. The third-order valence-corrected chi connectivity index (χ3v) is 7.83. The quantitative estimate of drug-likeness (QED) is 0.522. The number of thiazole rings is 1. The molecule has 0 saturated carbocycles. The van der Waals surface area contributed by atoms with Gasteiger partial charge in [0.25, 0.3) is 10.0 Å². The predicted octanol–water partition coefficient (Wildman–Crippen LogP) is 2.90. The van der Waals surface area contributed by atoms with Gasteiger partial charge in [0, 0.05) is 12.1 Å². The van der Waals surface area contributed by atoms with Gasteiger partial charge in [-0.05, 0) is 12.1 Å². The predicted molar refractivity (Wildman–Crippen MR) is 107 cm³/mol. The number of nitrogens with zero attached hydrogens (tertiary/aromatic N) is 2. The Kier molecular flexibility index (Phi) is 5.98. The smallest absolute Gasteiger partial charge is 0.325 e. The van der Waals surface area contributed by atoms with Crippen molar-refractivity contribution in [3.63, 3.8) is 0 Å². The van der Waals surface area contributed by atoms with Crippen molar-refractivity contribution in [1.29, 1.82) is 0 Å². The van der Waals surface area contributed by atoms with Crippen LogP contribution in [0.2, 0.25) is 4.34 Å². The minimum Gasteiger partial charge on any atom is -0.493 e. The highest BCUT2D eigenvalue weighted by Crippen LogP contribution is 2.33. The van der Waals surface area contributed by atoms with Gasteiger partial charge in [-0.3, -0.25) is 4.79 Å². The van der Waals surface area contributed by atoms with E-state index in [2.05, 4.69) is 4.40 Å². The second-order valence-electron chi connectivity index (χ2n) is 5.35. The molecule has 0 atom stereocenters. The first kappa shape index (κ1) is 20.6. The zero-order valence-electron chi connectivity index (χ0n) is 15.0. The number of hydrogen-bond acceptors (Lipinski definition) is 8. The molecule has 0 saturated heterocycles. The third-order valence-electron chi connectivity index (χ3n) is 3.70. The second kappa shape index (κ2) is 8.11. The molecule has 150 valence electrons. The lowest BCUT2D eigenvalue weighted by atomic mass is 10.3. The molecule has 0 aliphatic heterocycles. The van der Waals surface area contributed by atoms with Crippen molar-refractivity contribution >= 4 is 60.5 Å². The Labute approximate surface area is 173 Å². The molecule has 0 aliphatic rings. The van der Waals surface area contributed by atoms with Crippen LogP contribution < -0.4 is 14.3 Å². The summed E-state index contributed by atoms with van der Waals surface area (Å²) in [6.45, 7) is -0.217. The van der Waals surface area contributed by atoms with Crippen LogP contribution in [0, 0.1) is 0 Å². The topological polar surface area (TPSA) is 96.2 Å². The van der Waals surface area contributed by atoms with E-state index in [1.807, 2.05) is 0 Å². The lowest BCUT2D eigenvalue weighted by molar-refractivity contribution is -0.141. The summed E-state index contributed by atoms with van der Waals surface area (Å²) < 4.78 is 47.0. The average Bonchev–Trinajstić information content (AvgIpc) is 3.24. The van der Waals surface area contributed by atoms with Gasteiger partial charge >= 0.3 is 5.97 Å². The van der Waals surface area contributed by atoms with Crippen LogP contribution in [-0.2, 0) is 26.1 Å². The fourth-order valence-corrected chi connectivity index (χ4v) is 6.10. The Balaban J connectivity index is 2.28. The number of aromatic nitrogens is 1. The molecule has 0 bridgehead atoms. The highest BCUT2D eigenvalue weighted by Gasteiger charge is 2.19. The van der Waals surface area contributed by atoms with E-state index in [0.29, 0.717) is 26.1 Å². The zero-order valence-corrected chi connectivity index (χ0v) is 18.2. The summed E-state index contributed by atoms with van der Waals surface area (Å²) in [5.74, 6) is 0.360. The van der Waals surface area contributed by atoms with Crippen molar-refractivity contribution in [2.24, 2.45) is 4.40 Å². The molecule has 2 aromatic heterocycles. The van der Waals surface area contributed by atoms with Crippen molar-refractivity contribution in [2.75, 3.05) is 21.3 Å². The largest absolute Gasteiger partial charge is 0.493 e. The van der Waals surface area contributed by atoms with E-state index < -0.39 is 16.0 Å². The summed E-state index contributed by atoms with van der Waals surface area (Å²) >= 11 is 7.84. The molecule has 2 heterocycles.